The maximum atomic E-state index is 6.20. The number of benzene rings is 2. The van der Waals surface area contributed by atoms with Crippen LogP contribution in [0.15, 0.2) is 64.2 Å². The molecule has 142 valence electrons. The first-order valence-electron chi connectivity index (χ1n) is 8.90. The molecule has 28 heavy (non-hydrogen) atoms. The van der Waals surface area contributed by atoms with Gasteiger partial charge in [0.1, 0.15) is 6.54 Å². The highest BCUT2D eigenvalue weighted by molar-refractivity contribution is 7.98. The van der Waals surface area contributed by atoms with Crippen molar-refractivity contribution >= 4 is 23.4 Å². The summed E-state index contributed by atoms with van der Waals surface area (Å²) in [5.41, 5.74) is 5.33. The van der Waals surface area contributed by atoms with Gasteiger partial charge in [-0.25, -0.2) is 0 Å². The van der Waals surface area contributed by atoms with E-state index in [1.54, 1.807) is 4.68 Å². The summed E-state index contributed by atoms with van der Waals surface area (Å²) >= 11 is 7.73. The fourth-order valence-corrected chi connectivity index (χ4v) is 3.92. The summed E-state index contributed by atoms with van der Waals surface area (Å²) in [5, 5.41) is 13.9. The highest BCUT2D eigenvalue weighted by Crippen LogP contribution is 2.29. The van der Waals surface area contributed by atoms with E-state index in [-0.39, 0.29) is 0 Å². The van der Waals surface area contributed by atoms with E-state index in [0.29, 0.717) is 22.7 Å². The third kappa shape index (κ3) is 3.98. The van der Waals surface area contributed by atoms with Crippen molar-refractivity contribution < 1.29 is 4.42 Å². The molecule has 0 radical (unpaired) electrons. The van der Waals surface area contributed by atoms with Gasteiger partial charge in [0.15, 0.2) is 0 Å². The molecular weight excluding hydrogens is 392 g/mol. The largest absolute Gasteiger partial charge is 0.414 e. The standard InChI is InChI=1S/C21H19ClN4OS/c1-14-20(22)15(2)26(25-14)12-19-23-24-21(27-19)28-13-17-10-6-7-11-18(17)16-8-4-3-5-9-16/h3-11H,12-13H2,1-2H3. The Kier molecular flexibility index (Phi) is 5.50. The van der Waals surface area contributed by atoms with Crippen LogP contribution in [0.25, 0.3) is 11.1 Å². The molecular formula is C21H19ClN4OS. The van der Waals surface area contributed by atoms with Gasteiger partial charge in [0.2, 0.25) is 5.89 Å². The van der Waals surface area contributed by atoms with Gasteiger partial charge >= 0.3 is 0 Å². The summed E-state index contributed by atoms with van der Waals surface area (Å²) in [7, 11) is 0. The van der Waals surface area contributed by atoms with Gasteiger partial charge in [-0.2, -0.15) is 5.10 Å². The predicted molar refractivity (Wildman–Crippen MR) is 112 cm³/mol. The molecule has 0 amide bonds. The second-order valence-electron chi connectivity index (χ2n) is 6.42. The SMILES string of the molecule is Cc1nn(Cc2nnc(SCc3ccccc3-c3ccccc3)o2)c(C)c1Cl. The predicted octanol–water partition coefficient (Wildman–Crippen LogP) is 5.54. The molecule has 2 heterocycles. The number of thioether (sulfide) groups is 1. The van der Waals surface area contributed by atoms with Crippen LogP contribution in [0.5, 0.6) is 0 Å². The van der Waals surface area contributed by atoms with Gasteiger partial charge in [0.25, 0.3) is 5.22 Å². The highest BCUT2D eigenvalue weighted by atomic mass is 35.5. The van der Waals surface area contributed by atoms with E-state index in [9.17, 15) is 0 Å². The van der Waals surface area contributed by atoms with Gasteiger partial charge in [-0.15, -0.1) is 10.2 Å². The zero-order valence-electron chi connectivity index (χ0n) is 15.6. The second-order valence-corrected chi connectivity index (χ2v) is 7.72. The Balaban J connectivity index is 1.46. The molecule has 0 N–H and O–H groups in total. The minimum absolute atomic E-state index is 0.410. The van der Waals surface area contributed by atoms with Crippen LogP contribution < -0.4 is 0 Å². The molecule has 0 aliphatic rings. The average Bonchev–Trinajstić information content (AvgIpc) is 3.27. The lowest BCUT2D eigenvalue weighted by molar-refractivity contribution is 0.396. The lowest BCUT2D eigenvalue weighted by atomic mass is 10.0. The molecule has 2 aromatic carbocycles. The molecule has 2 aromatic heterocycles. The van der Waals surface area contributed by atoms with Crippen LogP contribution in [0.4, 0.5) is 0 Å². The lowest BCUT2D eigenvalue weighted by Gasteiger charge is -2.08. The fraction of sp³-hybridized carbons (Fsp3) is 0.190. The van der Waals surface area contributed by atoms with Crippen molar-refractivity contribution in [2.75, 3.05) is 0 Å². The van der Waals surface area contributed by atoms with Crippen molar-refractivity contribution in [1.29, 1.82) is 0 Å². The van der Waals surface area contributed by atoms with Crippen LogP contribution in [0.3, 0.4) is 0 Å². The molecule has 0 spiro atoms. The molecule has 0 saturated heterocycles. The third-order valence-electron chi connectivity index (χ3n) is 4.48. The van der Waals surface area contributed by atoms with Crippen LogP contribution in [-0.2, 0) is 12.3 Å². The Morgan fingerprint density at radius 3 is 2.50 bits per heavy atom. The summed E-state index contributed by atoms with van der Waals surface area (Å²) in [6.07, 6.45) is 0. The molecule has 0 fully saturated rings. The van der Waals surface area contributed by atoms with E-state index in [1.165, 1.54) is 28.5 Å². The molecule has 4 aromatic rings. The molecule has 4 rings (SSSR count). The zero-order valence-corrected chi connectivity index (χ0v) is 17.2. The van der Waals surface area contributed by atoms with Crippen molar-refractivity contribution in [3.05, 3.63) is 82.5 Å². The number of aromatic nitrogens is 4. The maximum Gasteiger partial charge on any atom is 0.276 e. The minimum Gasteiger partial charge on any atom is -0.414 e. The Labute approximate surface area is 172 Å². The summed E-state index contributed by atoms with van der Waals surface area (Å²) in [6.45, 7) is 4.22. The van der Waals surface area contributed by atoms with Crippen molar-refractivity contribution in [2.45, 2.75) is 31.4 Å². The molecule has 5 nitrogen and oxygen atoms in total. The Hall–Kier alpha value is -2.57. The van der Waals surface area contributed by atoms with E-state index >= 15 is 0 Å². The first-order valence-corrected chi connectivity index (χ1v) is 10.3. The lowest BCUT2D eigenvalue weighted by Crippen LogP contribution is -2.04. The van der Waals surface area contributed by atoms with E-state index in [1.807, 2.05) is 26.0 Å². The van der Waals surface area contributed by atoms with Gasteiger partial charge in [-0.3, -0.25) is 4.68 Å². The van der Waals surface area contributed by atoms with Crippen LogP contribution in [0.2, 0.25) is 5.02 Å². The summed E-state index contributed by atoms with van der Waals surface area (Å²) < 4.78 is 7.58. The monoisotopic (exact) mass is 410 g/mol. The van der Waals surface area contributed by atoms with E-state index < -0.39 is 0 Å². The smallest absolute Gasteiger partial charge is 0.276 e. The van der Waals surface area contributed by atoms with Crippen LogP contribution in [0, 0.1) is 13.8 Å². The topological polar surface area (TPSA) is 56.7 Å². The Morgan fingerprint density at radius 2 is 1.75 bits per heavy atom. The van der Waals surface area contributed by atoms with Crippen molar-refractivity contribution in [1.82, 2.24) is 20.0 Å². The maximum absolute atomic E-state index is 6.20. The Morgan fingerprint density at radius 1 is 1.00 bits per heavy atom. The van der Waals surface area contributed by atoms with E-state index in [0.717, 1.165) is 17.1 Å². The second kappa shape index (κ2) is 8.20. The third-order valence-corrected chi connectivity index (χ3v) is 5.89. The Bertz CT molecular complexity index is 1090. The number of aryl methyl sites for hydroxylation is 1. The number of nitrogens with zero attached hydrogens (tertiary/aromatic N) is 4. The highest BCUT2D eigenvalue weighted by Gasteiger charge is 2.14. The van der Waals surface area contributed by atoms with Crippen molar-refractivity contribution in [2.24, 2.45) is 0 Å². The van der Waals surface area contributed by atoms with Gasteiger partial charge in [-0.1, -0.05) is 78.0 Å². The van der Waals surface area contributed by atoms with Gasteiger partial charge in [0.05, 0.1) is 16.4 Å². The molecule has 0 bridgehead atoms. The van der Waals surface area contributed by atoms with Gasteiger partial charge in [0, 0.05) is 5.75 Å². The average molecular weight is 411 g/mol. The van der Waals surface area contributed by atoms with Crippen molar-refractivity contribution in [3.63, 3.8) is 0 Å². The van der Waals surface area contributed by atoms with E-state index in [4.69, 9.17) is 16.0 Å². The van der Waals surface area contributed by atoms with Crippen LogP contribution in [0.1, 0.15) is 22.8 Å². The van der Waals surface area contributed by atoms with Gasteiger partial charge < -0.3 is 4.42 Å². The number of rotatable bonds is 6. The quantitative estimate of drug-likeness (QED) is 0.390. The van der Waals surface area contributed by atoms with Crippen LogP contribution in [-0.4, -0.2) is 20.0 Å². The number of hydrogen-bond donors (Lipinski definition) is 0. The minimum atomic E-state index is 0.410. The first-order chi connectivity index (χ1) is 13.6. The number of halogens is 1. The summed E-state index contributed by atoms with van der Waals surface area (Å²) in [5.74, 6) is 1.26. The van der Waals surface area contributed by atoms with E-state index in [2.05, 4.69) is 57.8 Å². The molecule has 0 saturated carbocycles. The summed E-state index contributed by atoms with van der Waals surface area (Å²) in [4.78, 5) is 0. The summed E-state index contributed by atoms with van der Waals surface area (Å²) in [6, 6.07) is 18.7. The zero-order chi connectivity index (χ0) is 19.5. The molecule has 0 atom stereocenters. The molecule has 0 aliphatic heterocycles. The molecule has 0 aliphatic carbocycles. The molecule has 0 unspecified atom stereocenters. The number of hydrogen-bond acceptors (Lipinski definition) is 5. The first kappa shape index (κ1) is 18.8. The fourth-order valence-electron chi connectivity index (χ4n) is 3.00. The molecule has 7 heteroatoms. The van der Waals surface area contributed by atoms with Gasteiger partial charge in [-0.05, 0) is 30.5 Å². The van der Waals surface area contributed by atoms with Crippen LogP contribution >= 0.6 is 23.4 Å². The normalized spacial score (nSPS) is 11.1. The van der Waals surface area contributed by atoms with Crippen molar-refractivity contribution in [3.8, 4) is 11.1 Å².